The third-order valence-corrected chi connectivity index (χ3v) is 4.76. The fourth-order valence-corrected chi connectivity index (χ4v) is 3.02. The summed E-state index contributed by atoms with van der Waals surface area (Å²) in [5.41, 5.74) is 6.53. The van der Waals surface area contributed by atoms with Crippen LogP contribution in [-0.2, 0) is 11.2 Å². The predicted octanol–water partition coefficient (Wildman–Crippen LogP) is 2.40. The summed E-state index contributed by atoms with van der Waals surface area (Å²) in [6.07, 6.45) is 2.61. The molecule has 1 aromatic heterocycles. The van der Waals surface area contributed by atoms with E-state index in [4.69, 9.17) is 10.3 Å². The van der Waals surface area contributed by atoms with E-state index in [2.05, 4.69) is 17.1 Å². The predicted molar refractivity (Wildman–Crippen MR) is 91.0 cm³/mol. The van der Waals surface area contributed by atoms with E-state index in [0.29, 0.717) is 43.1 Å². The highest BCUT2D eigenvalue weighted by molar-refractivity contribution is 5.76. The smallest absolute Gasteiger partial charge is 0.226 e. The molecule has 0 spiro atoms. The van der Waals surface area contributed by atoms with Gasteiger partial charge in [-0.2, -0.15) is 4.98 Å². The average molecular weight is 346 g/mol. The number of hydrogen-bond acceptors (Lipinski definition) is 5. The van der Waals surface area contributed by atoms with Crippen LogP contribution in [0.3, 0.4) is 0 Å². The number of halogens is 1. The minimum absolute atomic E-state index is 0.0478. The van der Waals surface area contributed by atoms with Gasteiger partial charge in [0.1, 0.15) is 5.82 Å². The highest BCUT2D eigenvalue weighted by atomic mass is 19.1. The summed E-state index contributed by atoms with van der Waals surface area (Å²) in [6.45, 7) is 4.24. The van der Waals surface area contributed by atoms with Gasteiger partial charge in [0.15, 0.2) is 0 Å². The van der Waals surface area contributed by atoms with Gasteiger partial charge < -0.3 is 15.2 Å². The number of nitrogens with zero attached hydrogens (tertiary/aromatic N) is 3. The van der Waals surface area contributed by atoms with E-state index in [1.165, 1.54) is 12.1 Å². The van der Waals surface area contributed by atoms with Crippen LogP contribution in [0.2, 0.25) is 0 Å². The molecule has 1 saturated heterocycles. The Bertz CT molecular complexity index is 731. The van der Waals surface area contributed by atoms with Crippen LogP contribution in [0, 0.1) is 11.2 Å². The van der Waals surface area contributed by atoms with Gasteiger partial charge in [-0.1, -0.05) is 12.1 Å². The van der Waals surface area contributed by atoms with Crippen LogP contribution in [0.25, 0.3) is 11.4 Å². The zero-order chi connectivity index (χ0) is 17.9. The molecular formula is C18H23FN4O2. The molecule has 0 bridgehead atoms. The standard InChI is InChI=1S/C18H23FN4O2/c1-18(11-20)9-10-23(12-18)16(24)4-2-3-15-21-17(22-25-15)13-5-7-14(19)8-6-13/h5-8H,2-4,9-12,20H2,1H3. The molecule has 1 amide bonds. The van der Waals surface area contributed by atoms with Crippen LogP contribution in [-0.4, -0.2) is 40.6 Å². The molecule has 134 valence electrons. The Balaban J connectivity index is 1.48. The second-order valence-corrected chi connectivity index (χ2v) is 6.95. The molecule has 0 radical (unpaired) electrons. The Morgan fingerprint density at radius 3 is 2.84 bits per heavy atom. The lowest BCUT2D eigenvalue weighted by molar-refractivity contribution is -0.130. The molecule has 1 aliphatic rings. The van der Waals surface area contributed by atoms with E-state index in [1.54, 1.807) is 12.1 Å². The van der Waals surface area contributed by atoms with E-state index < -0.39 is 0 Å². The van der Waals surface area contributed by atoms with Crippen molar-refractivity contribution in [3.05, 3.63) is 36.0 Å². The number of nitrogens with two attached hydrogens (primary N) is 1. The topological polar surface area (TPSA) is 85.2 Å². The van der Waals surface area contributed by atoms with Crippen molar-refractivity contribution in [3.63, 3.8) is 0 Å². The number of amides is 1. The highest BCUT2D eigenvalue weighted by Gasteiger charge is 2.34. The molecule has 2 aromatic rings. The summed E-state index contributed by atoms with van der Waals surface area (Å²) >= 11 is 0. The third kappa shape index (κ3) is 4.22. The molecule has 1 fully saturated rings. The summed E-state index contributed by atoms with van der Waals surface area (Å²) < 4.78 is 18.2. The number of likely N-dealkylation sites (tertiary alicyclic amines) is 1. The van der Waals surface area contributed by atoms with E-state index in [1.807, 2.05) is 4.90 Å². The van der Waals surface area contributed by atoms with Crippen molar-refractivity contribution in [2.24, 2.45) is 11.1 Å². The molecule has 25 heavy (non-hydrogen) atoms. The molecule has 0 saturated carbocycles. The summed E-state index contributed by atoms with van der Waals surface area (Å²) in [4.78, 5) is 18.5. The Morgan fingerprint density at radius 2 is 2.16 bits per heavy atom. The van der Waals surface area contributed by atoms with Gasteiger partial charge in [0.25, 0.3) is 0 Å². The first-order valence-corrected chi connectivity index (χ1v) is 8.55. The van der Waals surface area contributed by atoms with Crippen molar-refractivity contribution in [3.8, 4) is 11.4 Å². The summed E-state index contributed by atoms with van der Waals surface area (Å²) in [6, 6.07) is 5.93. The van der Waals surface area contributed by atoms with Gasteiger partial charge in [-0.25, -0.2) is 4.39 Å². The van der Waals surface area contributed by atoms with Crippen LogP contribution < -0.4 is 5.73 Å². The maximum absolute atomic E-state index is 12.9. The van der Waals surface area contributed by atoms with Gasteiger partial charge in [0.2, 0.25) is 17.6 Å². The van der Waals surface area contributed by atoms with E-state index >= 15 is 0 Å². The number of rotatable bonds is 6. The van der Waals surface area contributed by atoms with Crippen molar-refractivity contribution in [2.75, 3.05) is 19.6 Å². The molecule has 7 heteroatoms. The molecule has 2 N–H and O–H groups in total. The lowest BCUT2D eigenvalue weighted by Crippen LogP contribution is -2.34. The van der Waals surface area contributed by atoms with Crippen LogP contribution in [0.15, 0.2) is 28.8 Å². The molecule has 6 nitrogen and oxygen atoms in total. The molecule has 0 aliphatic carbocycles. The summed E-state index contributed by atoms with van der Waals surface area (Å²) in [5.74, 6) is 0.758. The monoisotopic (exact) mass is 346 g/mol. The number of carbonyl (C=O) groups is 1. The zero-order valence-electron chi connectivity index (χ0n) is 14.4. The maximum Gasteiger partial charge on any atom is 0.226 e. The first-order chi connectivity index (χ1) is 12.0. The number of hydrogen-bond donors (Lipinski definition) is 1. The number of benzene rings is 1. The molecule has 3 rings (SSSR count). The van der Waals surface area contributed by atoms with Gasteiger partial charge in [0, 0.05) is 31.5 Å². The molecule has 1 aliphatic heterocycles. The average Bonchev–Trinajstić information content (AvgIpc) is 3.23. The van der Waals surface area contributed by atoms with Crippen LogP contribution in [0.5, 0.6) is 0 Å². The van der Waals surface area contributed by atoms with Gasteiger partial charge in [-0.3, -0.25) is 4.79 Å². The van der Waals surface area contributed by atoms with E-state index in [0.717, 1.165) is 19.5 Å². The van der Waals surface area contributed by atoms with Gasteiger partial charge in [0.05, 0.1) is 0 Å². The fourth-order valence-electron chi connectivity index (χ4n) is 3.02. The molecule has 1 atom stereocenters. The van der Waals surface area contributed by atoms with Crippen LogP contribution >= 0.6 is 0 Å². The van der Waals surface area contributed by atoms with Crippen molar-refractivity contribution in [1.29, 1.82) is 0 Å². The number of aromatic nitrogens is 2. The van der Waals surface area contributed by atoms with Gasteiger partial charge in [-0.15, -0.1) is 0 Å². The molecule has 1 aromatic carbocycles. The van der Waals surface area contributed by atoms with Crippen molar-refractivity contribution in [1.82, 2.24) is 15.0 Å². The maximum atomic E-state index is 12.9. The minimum Gasteiger partial charge on any atom is -0.342 e. The van der Waals surface area contributed by atoms with Crippen LogP contribution in [0.1, 0.15) is 32.1 Å². The lowest BCUT2D eigenvalue weighted by Gasteiger charge is -2.22. The normalized spacial score (nSPS) is 20.2. The number of carbonyl (C=O) groups excluding carboxylic acids is 1. The quantitative estimate of drug-likeness (QED) is 0.868. The first kappa shape index (κ1) is 17.5. The zero-order valence-corrected chi connectivity index (χ0v) is 14.4. The largest absolute Gasteiger partial charge is 0.342 e. The van der Waals surface area contributed by atoms with Gasteiger partial charge >= 0.3 is 0 Å². The summed E-state index contributed by atoms with van der Waals surface area (Å²) in [7, 11) is 0. The molecular weight excluding hydrogens is 323 g/mol. The second-order valence-electron chi connectivity index (χ2n) is 6.95. The Morgan fingerprint density at radius 1 is 1.40 bits per heavy atom. The second kappa shape index (κ2) is 7.31. The number of aryl methyl sites for hydroxylation is 1. The van der Waals surface area contributed by atoms with Crippen molar-refractivity contribution in [2.45, 2.75) is 32.6 Å². The van der Waals surface area contributed by atoms with Crippen molar-refractivity contribution >= 4 is 5.91 Å². The highest BCUT2D eigenvalue weighted by Crippen LogP contribution is 2.29. The van der Waals surface area contributed by atoms with E-state index in [-0.39, 0.29) is 17.1 Å². The Labute approximate surface area is 146 Å². The SMILES string of the molecule is CC1(CN)CCN(C(=O)CCCc2nc(-c3ccc(F)cc3)no2)C1. The molecule has 2 heterocycles. The van der Waals surface area contributed by atoms with Crippen molar-refractivity contribution < 1.29 is 13.7 Å². The van der Waals surface area contributed by atoms with Crippen LogP contribution in [0.4, 0.5) is 4.39 Å². The third-order valence-electron chi connectivity index (χ3n) is 4.76. The fraction of sp³-hybridized carbons (Fsp3) is 0.500. The Hall–Kier alpha value is -2.28. The lowest BCUT2D eigenvalue weighted by atomic mass is 9.90. The van der Waals surface area contributed by atoms with E-state index in [9.17, 15) is 9.18 Å². The first-order valence-electron chi connectivity index (χ1n) is 8.55. The van der Waals surface area contributed by atoms with Gasteiger partial charge in [-0.05, 0) is 49.1 Å². The molecule has 1 unspecified atom stereocenters. The minimum atomic E-state index is -0.307. The Kier molecular flexibility index (Phi) is 5.13. The summed E-state index contributed by atoms with van der Waals surface area (Å²) in [5, 5.41) is 3.90.